The minimum absolute atomic E-state index is 0.0113. The molecule has 4 aromatic rings. The van der Waals surface area contributed by atoms with E-state index in [-0.39, 0.29) is 5.69 Å². The van der Waals surface area contributed by atoms with Gasteiger partial charge in [-0.1, -0.05) is 29.0 Å². The van der Waals surface area contributed by atoms with E-state index in [2.05, 4.69) is 4.99 Å². The van der Waals surface area contributed by atoms with E-state index in [0.29, 0.717) is 33.2 Å². The average molecular weight is 448 g/mol. The van der Waals surface area contributed by atoms with Crippen molar-refractivity contribution in [3.8, 4) is 0 Å². The van der Waals surface area contributed by atoms with Crippen LogP contribution in [-0.4, -0.2) is 29.1 Å². The van der Waals surface area contributed by atoms with Crippen LogP contribution in [0.2, 0.25) is 5.02 Å². The van der Waals surface area contributed by atoms with Gasteiger partial charge < -0.3 is 9.30 Å². The summed E-state index contributed by atoms with van der Waals surface area (Å²) in [5.41, 5.74) is 0.803. The van der Waals surface area contributed by atoms with Crippen molar-refractivity contribution < 1.29 is 14.5 Å². The zero-order chi connectivity index (χ0) is 20.5. The van der Waals surface area contributed by atoms with Crippen molar-refractivity contribution in [2.45, 2.75) is 6.54 Å². The smallest absolute Gasteiger partial charge is 0.289 e. The van der Waals surface area contributed by atoms with Crippen molar-refractivity contribution in [3.05, 3.63) is 67.3 Å². The molecule has 7 nitrogen and oxygen atoms in total. The van der Waals surface area contributed by atoms with Gasteiger partial charge in [-0.2, -0.15) is 4.99 Å². The summed E-state index contributed by atoms with van der Waals surface area (Å²) < 4.78 is 8.77. The first kappa shape index (κ1) is 19.7. The molecule has 0 saturated carbocycles. The molecule has 0 radical (unpaired) electrons. The number of thiazole rings is 1. The van der Waals surface area contributed by atoms with Gasteiger partial charge in [0.15, 0.2) is 4.80 Å². The third-order valence-corrected chi connectivity index (χ3v) is 6.74. The Balaban J connectivity index is 1.80. The Hall–Kier alpha value is -2.59. The van der Waals surface area contributed by atoms with Crippen LogP contribution in [0.3, 0.4) is 0 Å². The van der Waals surface area contributed by atoms with Crippen LogP contribution < -0.4 is 4.80 Å². The molecular formula is C19H14ClN3O4S2. The molecule has 29 heavy (non-hydrogen) atoms. The number of non-ortho nitro benzene ring substituents is 1. The van der Waals surface area contributed by atoms with Gasteiger partial charge in [0, 0.05) is 35.9 Å². The molecule has 0 atom stereocenters. The lowest BCUT2D eigenvalue weighted by Gasteiger charge is -2.05. The molecule has 2 aromatic heterocycles. The van der Waals surface area contributed by atoms with Gasteiger partial charge in [0.1, 0.15) is 0 Å². The summed E-state index contributed by atoms with van der Waals surface area (Å²) >= 11 is 9.00. The van der Waals surface area contributed by atoms with Crippen molar-refractivity contribution >= 4 is 66.2 Å². The maximum Gasteiger partial charge on any atom is 0.289 e. The topological polar surface area (TPSA) is 86.7 Å². The Kier molecular flexibility index (Phi) is 5.46. The van der Waals surface area contributed by atoms with E-state index in [1.54, 1.807) is 25.3 Å². The number of halogens is 1. The largest absolute Gasteiger partial charge is 0.383 e. The molecule has 148 valence electrons. The number of fused-ring (bicyclic) bond motifs is 2. The normalized spacial score (nSPS) is 12.1. The third-order valence-electron chi connectivity index (χ3n) is 4.29. The number of para-hydroxylation sites is 1. The molecule has 0 saturated heterocycles. The van der Waals surface area contributed by atoms with E-state index in [1.807, 2.05) is 16.7 Å². The number of rotatable bonds is 5. The number of benzene rings is 2. The number of ether oxygens (including phenoxy) is 1. The van der Waals surface area contributed by atoms with Crippen LogP contribution in [0.4, 0.5) is 5.69 Å². The number of aromatic nitrogens is 1. The first-order chi connectivity index (χ1) is 14.0. The number of thiophene rings is 1. The van der Waals surface area contributed by atoms with Crippen LogP contribution in [0, 0.1) is 10.1 Å². The molecular weight excluding hydrogens is 434 g/mol. The van der Waals surface area contributed by atoms with Crippen LogP contribution in [0.15, 0.2) is 47.5 Å². The first-order valence-corrected chi connectivity index (χ1v) is 10.5. The van der Waals surface area contributed by atoms with Gasteiger partial charge in [-0.3, -0.25) is 14.9 Å². The number of amides is 1. The Bertz CT molecular complexity index is 1320. The molecule has 0 fully saturated rings. The van der Waals surface area contributed by atoms with Crippen molar-refractivity contribution in [3.63, 3.8) is 0 Å². The second-order valence-electron chi connectivity index (χ2n) is 6.12. The van der Waals surface area contributed by atoms with E-state index >= 15 is 0 Å². The highest BCUT2D eigenvalue weighted by atomic mass is 35.5. The number of nitrogens with zero attached hydrogens (tertiary/aromatic N) is 3. The molecule has 4 rings (SSSR count). The summed E-state index contributed by atoms with van der Waals surface area (Å²) in [5.74, 6) is -0.400. The summed E-state index contributed by atoms with van der Waals surface area (Å²) in [6.07, 6.45) is 0. The van der Waals surface area contributed by atoms with E-state index < -0.39 is 10.8 Å². The second-order valence-corrected chi connectivity index (χ2v) is 8.62. The van der Waals surface area contributed by atoms with Crippen LogP contribution in [-0.2, 0) is 11.3 Å². The van der Waals surface area contributed by atoms with Gasteiger partial charge in [0.05, 0.1) is 31.6 Å². The zero-order valence-electron chi connectivity index (χ0n) is 15.1. The lowest BCUT2D eigenvalue weighted by atomic mass is 10.2. The molecule has 2 aromatic carbocycles. The van der Waals surface area contributed by atoms with Crippen molar-refractivity contribution in [2.24, 2.45) is 4.99 Å². The summed E-state index contributed by atoms with van der Waals surface area (Å²) in [7, 11) is 1.61. The molecule has 0 bridgehead atoms. The van der Waals surface area contributed by atoms with Crippen molar-refractivity contribution in [1.29, 1.82) is 0 Å². The maximum absolute atomic E-state index is 12.8. The predicted octanol–water partition coefficient (Wildman–Crippen LogP) is 4.87. The molecule has 10 heteroatoms. The summed E-state index contributed by atoms with van der Waals surface area (Å²) in [6, 6.07) is 11.7. The minimum atomic E-state index is -0.456. The molecule has 0 aliphatic carbocycles. The van der Waals surface area contributed by atoms with E-state index in [1.165, 1.54) is 34.8 Å². The number of hydrogen-bond acceptors (Lipinski definition) is 6. The third kappa shape index (κ3) is 3.82. The second kappa shape index (κ2) is 8.03. The highest BCUT2D eigenvalue weighted by molar-refractivity contribution is 7.21. The molecule has 0 aliphatic heterocycles. The van der Waals surface area contributed by atoms with Gasteiger partial charge in [-0.25, -0.2) is 0 Å². The van der Waals surface area contributed by atoms with Crippen molar-refractivity contribution in [1.82, 2.24) is 4.57 Å². The van der Waals surface area contributed by atoms with Gasteiger partial charge in [0.25, 0.3) is 11.6 Å². The Morgan fingerprint density at radius 3 is 2.83 bits per heavy atom. The fourth-order valence-electron chi connectivity index (χ4n) is 2.95. The van der Waals surface area contributed by atoms with Gasteiger partial charge in [0.2, 0.25) is 0 Å². The number of carbonyl (C=O) groups is 1. The molecule has 2 heterocycles. The van der Waals surface area contributed by atoms with Crippen molar-refractivity contribution in [2.75, 3.05) is 13.7 Å². The fourth-order valence-corrected chi connectivity index (χ4v) is 5.30. The Morgan fingerprint density at radius 1 is 1.24 bits per heavy atom. The van der Waals surface area contributed by atoms with Crippen LogP contribution in [0.5, 0.6) is 0 Å². The number of hydrogen-bond donors (Lipinski definition) is 0. The van der Waals surface area contributed by atoms with E-state index in [0.717, 1.165) is 14.9 Å². The van der Waals surface area contributed by atoms with Gasteiger partial charge in [-0.05, 0) is 24.3 Å². The lowest BCUT2D eigenvalue weighted by Crippen LogP contribution is -2.19. The van der Waals surface area contributed by atoms with Gasteiger partial charge in [-0.15, -0.1) is 11.3 Å². The lowest BCUT2D eigenvalue weighted by molar-refractivity contribution is -0.384. The number of nitro groups is 1. The molecule has 0 aliphatic rings. The summed E-state index contributed by atoms with van der Waals surface area (Å²) in [4.78, 5) is 28.6. The Morgan fingerprint density at radius 2 is 2.07 bits per heavy atom. The number of carbonyl (C=O) groups excluding carboxylic acids is 1. The molecule has 1 amide bonds. The monoisotopic (exact) mass is 447 g/mol. The quantitative estimate of drug-likeness (QED) is 0.322. The minimum Gasteiger partial charge on any atom is -0.383 e. The SMILES string of the molecule is COCCn1c(=NC(=O)c2cc3cc([N+](=O)[O-])ccc3s2)sc2cccc(Cl)c21. The maximum atomic E-state index is 12.8. The van der Waals surface area contributed by atoms with Crippen LogP contribution in [0.1, 0.15) is 9.67 Å². The van der Waals surface area contributed by atoms with E-state index in [4.69, 9.17) is 16.3 Å². The highest BCUT2D eigenvalue weighted by Gasteiger charge is 2.15. The molecule has 0 unspecified atom stereocenters. The highest BCUT2D eigenvalue weighted by Crippen LogP contribution is 2.30. The molecule has 0 N–H and O–H groups in total. The average Bonchev–Trinajstić information content (AvgIpc) is 3.27. The van der Waals surface area contributed by atoms with E-state index in [9.17, 15) is 14.9 Å². The van der Waals surface area contributed by atoms with Crippen LogP contribution >= 0.6 is 34.3 Å². The standard InChI is InChI=1S/C19H14ClN3O4S2/c1-27-8-7-22-17-13(20)3-2-4-15(17)29-19(22)21-18(24)16-10-11-9-12(23(25)26)5-6-14(11)28-16/h2-6,9-10H,7-8H2,1H3. The number of methoxy groups -OCH3 is 1. The fraction of sp³-hybridized carbons (Fsp3) is 0.158. The first-order valence-electron chi connectivity index (χ1n) is 8.52. The Labute approximate surface area is 177 Å². The summed E-state index contributed by atoms with van der Waals surface area (Å²) in [5, 5.41) is 12.2. The van der Waals surface area contributed by atoms with Gasteiger partial charge >= 0.3 is 0 Å². The predicted molar refractivity (Wildman–Crippen MR) is 115 cm³/mol. The zero-order valence-corrected chi connectivity index (χ0v) is 17.5. The molecule has 0 spiro atoms. The summed E-state index contributed by atoms with van der Waals surface area (Å²) in [6.45, 7) is 0.954. The number of nitro benzene ring substituents is 1. The van der Waals surface area contributed by atoms with Crippen LogP contribution in [0.25, 0.3) is 20.3 Å².